The van der Waals surface area contributed by atoms with Crippen LogP contribution in [0.4, 0.5) is 0 Å². The lowest BCUT2D eigenvalue weighted by Gasteiger charge is -2.52. The topological polar surface area (TPSA) is 148 Å². The van der Waals surface area contributed by atoms with Gasteiger partial charge in [-0.3, -0.25) is 14.5 Å². The predicted molar refractivity (Wildman–Crippen MR) is 136 cm³/mol. The van der Waals surface area contributed by atoms with Crippen molar-refractivity contribution >= 4 is 23.5 Å². The average molecular weight is 498 g/mol. The second-order valence-electron chi connectivity index (χ2n) is 10.8. The van der Waals surface area contributed by atoms with Crippen LogP contribution in [-0.4, -0.2) is 88.3 Å². The van der Waals surface area contributed by atoms with Crippen molar-refractivity contribution in [3.05, 3.63) is 51.8 Å². The van der Waals surface area contributed by atoms with E-state index in [1.54, 1.807) is 25.1 Å². The number of allylic oxidation sites excluding steroid dienone is 1. The highest BCUT2D eigenvalue weighted by Gasteiger charge is 2.60. The summed E-state index contributed by atoms with van der Waals surface area (Å²) < 4.78 is 0. The number of hydrogen-bond acceptors (Lipinski definition) is 8. The summed E-state index contributed by atoms with van der Waals surface area (Å²) in [5.41, 5.74) is 5.04. The number of benzene rings is 1. The van der Waals surface area contributed by atoms with Gasteiger partial charge in [-0.05, 0) is 77.0 Å². The molecule has 9 nitrogen and oxygen atoms in total. The molecular weight excluding hydrogens is 462 g/mol. The zero-order valence-corrected chi connectivity index (χ0v) is 21.3. The Hall–Kier alpha value is -3.14. The van der Waals surface area contributed by atoms with Gasteiger partial charge in [0.15, 0.2) is 5.78 Å². The number of fused-ring (bicyclic) bond motifs is 3. The molecule has 5 atom stereocenters. The molecule has 194 valence electrons. The van der Waals surface area contributed by atoms with Gasteiger partial charge < -0.3 is 31.1 Å². The van der Waals surface area contributed by atoms with Crippen LogP contribution in [0.25, 0.3) is 11.8 Å². The second-order valence-corrected chi connectivity index (χ2v) is 10.8. The molecule has 0 spiro atoms. The van der Waals surface area contributed by atoms with Crippen LogP contribution >= 0.6 is 0 Å². The lowest BCUT2D eigenvalue weighted by molar-refractivity contribution is -0.139. The molecule has 3 unspecified atom stereocenters. The molecule has 4 rings (SSSR count). The SMILES string of the molecule is CN(C)C/C=C/c1ccc(O)c2c1CC1C[C@@H]3C(C(=O)C1=C2O)C(C)(O)C(C(N)=O)=C(O)[C@@H]3N(C)C. The number of phenolic OH excluding ortho intramolecular Hbond substituents is 1. The number of rotatable bonds is 5. The summed E-state index contributed by atoms with van der Waals surface area (Å²) in [5, 5.41) is 44.4. The third-order valence-electron chi connectivity index (χ3n) is 7.83. The fraction of sp³-hybridized carbons (Fsp3) is 0.481. The maximum Gasteiger partial charge on any atom is 0.251 e. The van der Waals surface area contributed by atoms with Gasteiger partial charge in [-0.1, -0.05) is 18.2 Å². The van der Waals surface area contributed by atoms with Crippen LogP contribution in [-0.2, 0) is 16.0 Å². The molecule has 36 heavy (non-hydrogen) atoms. The molecule has 0 aliphatic heterocycles. The van der Waals surface area contributed by atoms with Crippen LogP contribution in [0, 0.1) is 17.8 Å². The molecule has 1 aromatic rings. The number of primary amides is 1. The minimum atomic E-state index is -2.03. The van der Waals surface area contributed by atoms with Gasteiger partial charge in [0, 0.05) is 12.1 Å². The van der Waals surface area contributed by atoms with E-state index in [-0.39, 0.29) is 34.0 Å². The smallest absolute Gasteiger partial charge is 0.251 e. The molecule has 0 saturated heterocycles. The van der Waals surface area contributed by atoms with Crippen LogP contribution in [0.3, 0.4) is 0 Å². The molecule has 3 aliphatic rings. The Labute approximate surface area is 210 Å². The molecule has 1 aromatic carbocycles. The Morgan fingerprint density at radius 2 is 1.86 bits per heavy atom. The van der Waals surface area contributed by atoms with Gasteiger partial charge in [-0.25, -0.2) is 0 Å². The fourth-order valence-electron chi connectivity index (χ4n) is 6.46. The van der Waals surface area contributed by atoms with Crippen molar-refractivity contribution in [3.63, 3.8) is 0 Å². The summed E-state index contributed by atoms with van der Waals surface area (Å²) in [5.74, 6) is -4.30. The third-order valence-corrected chi connectivity index (χ3v) is 7.83. The average Bonchev–Trinajstić information content (AvgIpc) is 2.73. The lowest BCUT2D eigenvalue weighted by Crippen LogP contribution is -2.61. The van der Waals surface area contributed by atoms with Crippen LogP contribution in [0.15, 0.2) is 35.1 Å². The van der Waals surface area contributed by atoms with Crippen molar-refractivity contribution in [2.45, 2.75) is 31.4 Å². The van der Waals surface area contributed by atoms with Crippen molar-refractivity contribution in [3.8, 4) is 5.75 Å². The minimum absolute atomic E-state index is 0.134. The van der Waals surface area contributed by atoms with Gasteiger partial charge in [0.05, 0.1) is 23.1 Å². The maximum absolute atomic E-state index is 14.0. The summed E-state index contributed by atoms with van der Waals surface area (Å²) in [6.45, 7) is 2.02. The molecule has 1 saturated carbocycles. The fourth-order valence-corrected chi connectivity index (χ4v) is 6.46. The number of nitrogens with two attached hydrogens (primary N) is 1. The highest BCUT2D eigenvalue weighted by molar-refractivity contribution is 6.08. The lowest BCUT2D eigenvalue weighted by atomic mass is 9.55. The van der Waals surface area contributed by atoms with Gasteiger partial charge in [0.25, 0.3) is 5.91 Å². The first-order chi connectivity index (χ1) is 16.8. The van der Waals surface area contributed by atoms with Gasteiger partial charge in [0.1, 0.15) is 22.9 Å². The van der Waals surface area contributed by atoms with E-state index >= 15 is 0 Å². The molecule has 1 amide bonds. The van der Waals surface area contributed by atoms with E-state index in [4.69, 9.17) is 5.73 Å². The highest BCUT2D eigenvalue weighted by Crippen LogP contribution is 2.54. The Kier molecular flexibility index (Phi) is 6.53. The quantitative estimate of drug-likeness (QED) is 0.412. The molecule has 0 heterocycles. The second kappa shape index (κ2) is 9.06. The van der Waals surface area contributed by atoms with Gasteiger partial charge >= 0.3 is 0 Å². The minimum Gasteiger partial charge on any atom is -0.510 e. The van der Waals surface area contributed by atoms with Crippen molar-refractivity contribution in [1.82, 2.24) is 9.80 Å². The Morgan fingerprint density at radius 3 is 2.44 bits per heavy atom. The zero-order chi connectivity index (χ0) is 26.7. The van der Waals surface area contributed by atoms with Crippen LogP contribution in [0.1, 0.15) is 30.0 Å². The van der Waals surface area contributed by atoms with E-state index in [9.17, 15) is 30.0 Å². The summed E-state index contributed by atoms with van der Waals surface area (Å²) >= 11 is 0. The standard InChI is InChI=1S/C27H35N3O6/c1-27(36)20-16(22(30(4)5)25(34)21(27)26(28)35)12-14-11-15-13(7-6-10-29(2)3)8-9-17(31)19(15)23(32)18(14)24(20)33/h6-9,14,16,20,22,31-32,34,36H,10-12H2,1-5H3,(H2,28,35)/b7-6+/t14?,16-,20?,22-,27?/m1/s1. The first-order valence-corrected chi connectivity index (χ1v) is 12.0. The van der Waals surface area contributed by atoms with E-state index in [0.717, 1.165) is 11.1 Å². The summed E-state index contributed by atoms with van der Waals surface area (Å²) in [6, 6.07) is 2.57. The third kappa shape index (κ3) is 3.91. The monoisotopic (exact) mass is 497 g/mol. The van der Waals surface area contributed by atoms with Crippen LogP contribution in [0.2, 0.25) is 0 Å². The molecule has 9 heteroatoms. The Bertz CT molecular complexity index is 1210. The van der Waals surface area contributed by atoms with Crippen molar-refractivity contribution in [2.24, 2.45) is 23.5 Å². The number of amides is 1. The van der Waals surface area contributed by atoms with Crippen LogP contribution < -0.4 is 5.73 Å². The number of carbonyl (C=O) groups is 2. The first kappa shape index (κ1) is 25.9. The van der Waals surface area contributed by atoms with E-state index in [2.05, 4.69) is 0 Å². The van der Waals surface area contributed by atoms with E-state index in [1.807, 2.05) is 31.1 Å². The van der Waals surface area contributed by atoms with Gasteiger partial charge in [-0.2, -0.15) is 0 Å². The van der Waals surface area contributed by atoms with E-state index < -0.39 is 41.1 Å². The molecule has 6 N–H and O–H groups in total. The molecule has 0 aromatic heterocycles. The molecule has 3 aliphatic carbocycles. The number of carbonyl (C=O) groups excluding carboxylic acids is 2. The summed E-state index contributed by atoms with van der Waals surface area (Å²) in [7, 11) is 7.36. The van der Waals surface area contributed by atoms with Gasteiger partial charge in [0.2, 0.25) is 0 Å². The van der Waals surface area contributed by atoms with Crippen molar-refractivity contribution in [1.29, 1.82) is 0 Å². The van der Waals surface area contributed by atoms with E-state index in [0.29, 0.717) is 19.4 Å². The number of nitrogens with zero attached hydrogens (tertiary/aromatic N) is 2. The number of Topliss-reactive ketones (excluding diaryl/α,β-unsaturated/α-hetero) is 1. The number of phenols is 1. The number of aliphatic hydroxyl groups is 3. The number of likely N-dealkylation sites (N-methyl/N-ethyl adjacent to an activating group) is 2. The normalized spacial score (nSPS) is 30.2. The maximum atomic E-state index is 14.0. The number of aliphatic hydroxyl groups excluding tert-OH is 2. The Balaban J connectivity index is 1.88. The van der Waals surface area contributed by atoms with Crippen LogP contribution in [0.5, 0.6) is 5.75 Å². The van der Waals surface area contributed by atoms with Crippen molar-refractivity contribution < 1.29 is 30.0 Å². The number of ketones is 1. The number of hydrogen-bond donors (Lipinski definition) is 5. The zero-order valence-electron chi connectivity index (χ0n) is 21.3. The summed E-state index contributed by atoms with van der Waals surface area (Å²) in [4.78, 5) is 29.9. The molecule has 0 bridgehead atoms. The largest absolute Gasteiger partial charge is 0.510 e. The molecule has 0 radical (unpaired) electrons. The van der Waals surface area contributed by atoms with Crippen molar-refractivity contribution in [2.75, 3.05) is 34.7 Å². The van der Waals surface area contributed by atoms with Gasteiger partial charge in [-0.15, -0.1) is 0 Å². The first-order valence-electron chi connectivity index (χ1n) is 12.0. The van der Waals surface area contributed by atoms with E-state index in [1.165, 1.54) is 13.0 Å². The predicted octanol–water partition coefficient (Wildman–Crippen LogP) is 1.61. The highest BCUT2D eigenvalue weighted by atomic mass is 16.3. The Morgan fingerprint density at radius 1 is 1.19 bits per heavy atom. The summed E-state index contributed by atoms with van der Waals surface area (Å²) in [6.07, 6.45) is 4.70. The molecular formula is C27H35N3O6. The number of aromatic hydroxyl groups is 1. The molecule has 1 fully saturated rings.